The van der Waals surface area contributed by atoms with Crippen LogP contribution < -0.4 is 10.2 Å². The number of nitrogens with one attached hydrogen (secondary N) is 1. The number of hydrogen-bond acceptors (Lipinski definition) is 5. The minimum absolute atomic E-state index is 0.00583. The van der Waals surface area contributed by atoms with Crippen LogP contribution in [0.25, 0.3) is 0 Å². The molecule has 1 aliphatic rings. The van der Waals surface area contributed by atoms with E-state index in [0.717, 1.165) is 11.3 Å². The van der Waals surface area contributed by atoms with Crippen LogP contribution in [-0.4, -0.2) is 28.6 Å². The number of hydrogen-bond donors (Lipinski definition) is 1. The molecule has 4 rings (SSSR count). The molecule has 142 valence electrons. The van der Waals surface area contributed by atoms with Gasteiger partial charge in [0.15, 0.2) is 0 Å². The fraction of sp³-hybridized carbons (Fsp3) is 0.200. The van der Waals surface area contributed by atoms with Crippen LogP contribution in [0.2, 0.25) is 5.02 Å². The number of benzene rings is 2. The van der Waals surface area contributed by atoms with Gasteiger partial charge in [-0.25, -0.2) is 0 Å². The Labute approximate surface area is 166 Å². The Kier molecular flexibility index (Phi) is 4.83. The second-order valence-corrected chi connectivity index (χ2v) is 7.03. The molecule has 2 heterocycles. The summed E-state index contributed by atoms with van der Waals surface area (Å²) in [6, 6.07) is 14.4. The summed E-state index contributed by atoms with van der Waals surface area (Å²) < 4.78 is 5.58. The number of aryl methyl sites for hydroxylation is 1. The van der Waals surface area contributed by atoms with Gasteiger partial charge in [-0.3, -0.25) is 14.9 Å². The molecule has 1 N–H and O–H groups in total. The van der Waals surface area contributed by atoms with Crippen LogP contribution in [0.1, 0.15) is 34.2 Å². The fourth-order valence-electron chi connectivity index (χ4n) is 3.11. The van der Waals surface area contributed by atoms with E-state index in [1.165, 1.54) is 0 Å². The number of anilines is 2. The summed E-state index contributed by atoms with van der Waals surface area (Å²) in [4.78, 5) is 26.4. The first-order valence-corrected chi connectivity index (χ1v) is 9.15. The second kappa shape index (κ2) is 7.44. The van der Waals surface area contributed by atoms with E-state index in [-0.39, 0.29) is 24.3 Å². The van der Waals surface area contributed by atoms with Crippen molar-refractivity contribution in [3.63, 3.8) is 0 Å². The van der Waals surface area contributed by atoms with Crippen molar-refractivity contribution in [1.29, 1.82) is 0 Å². The Morgan fingerprint density at radius 3 is 2.68 bits per heavy atom. The highest BCUT2D eigenvalue weighted by atomic mass is 35.5. The first kappa shape index (κ1) is 18.2. The zero-order valence-electron chi connectivity index (χ0n) is 15.1. The molecule has 0 radical (unpaired) electrons. The smallest absolute Gasteiger partial charge is 0.322 e. The predicted octanol–water partition coefficient (Wildman–Crippen LogP) is 3.80. The largest absolute Gasteiger partial charge is 0.407 e. The first-order valence-electron chi connectivity index (χ1n) is 8.77. The minimum Gasteiger partial charge on any atom is -0.407 e. The zero-order valence-corrected chi connectivity index (χ0v) is 15.8. The normalized spacial score (nSPS) is 16.4. The minimum atomic E-state index is -0.440. The van der Waals surface area contributed by atoms with E-state index in [9.17, 15) is 9.59 Å². The lowest BCUT2D eigenvalue weighted by Crippen LogP contribution is -2.24. The molecule has 3 aromatic rings. The van der Waals surface area contributed by atoms with E-state index in [1.807, 2.05) is 31.2 Å². The molecule has 1 aromatic heterocycles. The van der Waals surface area contributed by atoms with Crippen molar-refractivity contribution in [1.82, 2.24) is 10.2 Å². The van der Waals surface area contributed by atoms with E-state index in [2.05, 4.69) is 15.5 Å². The third-order valence-corrected chi connectivity index (χ3v) is 4.93. The zero-order chi connectivity index (χ0) is 19.7. The lowest BCUT2D eigenvalue weighted by molar-refractivity contribution is -0.117. The molecule has 2 amide bonds. The number of nitrogens with zero attached hydrogens (tertiary/aromatic N) is 3. The molecule has 1 saturated heterocycles. The predicted molar refractivity (Wildman–Crippen MR) is 105 cm³/mol. The third-order valence-electron chi connectivity index (χ3n) is 4.60. The summed E-state index contributed by atoms with van der Waals surface area (Å²) >= 11 is 6.02. The van der Waals surface area contributed by atoms with Crippen molar-refractivity contribution in [2.45, 2.75) is 19.3 Å². The van der Waals surface area contributed by atoms with Crippen LogP contribution in [0.4, 0.5) is 11.7 Å². The standard InChI is InChI=1S/C20H17ClN4O3/c1-12-6-8-14(9-7-12)25-11-13(10-17(25)26)19-23-24-20(28-19)22-18(27)15-4-2-3-5-16(15)21/h2-9,13H,10-11H2,1H3,(H,22,24,27)/t13-/m0/s1. The Bertz CT molecular complexity index is 1030. The fourth-order valence-corrected chi connectivity index (χ4v) is 3.33. The van der Waals surface area contributed by atoms with Gasteiger partial charge in [-0.05, 0) is 31.2 Å². The average molecular weight is 397 g/mol. The summed E-state index contributed by atoms with van der Waals surface area (Å²) in [6.07, 6.45) is 0.272. The number of halogens is 1. The second-order valence-electron chi connectivity index (χ2n) is 6.62. The SMILES string of the molecule is Cc1ccc(N2C[C@@H](c3nnc(NC(=O)c4ccccc4Cl)o3)CC2=O)cc1. The molecular formula is C20H17ClN4O3. The molecule has 0 saturated carbocycles. The number of rotatable bonds is 4. The average Bonchev–Trinajstić information content (AvgIpc) is 3.29. The monoisotopic (exact) mass is 396 g/mol. The number of aromatic nitrogens is 2. The van der Waals surface area contributed by atoms with Crippen LogP contribution >= 0.6 is 11.6 Å². The molecule has 0 bridgehead atoms. The summed E-state index contributed by atoms with van der Waals surface area (Å²) in [6.45, 7) is 2.44. The van der Waals surface area contributed by atoms with Gasteiger partial charge in [0.05, 0.1) is 16.5 Å². The third kappa shape index (κ3) is 3.61. The summed E-state index contributed by atoms with van der Waals surface area (Å²) in [5, 5.41) is 10.7. The lowest BCUT2D eigenvalue weighted by atomic mass is 10.1. The van der Waals surface area contributed by atoms with Crippen LogP contribution in [-0.2, 0) is 4.79 Å². The van der Waals surface area contributed by atoms with Crippen molar-refractivity contribution in [3.8, 4) is 0 Å². The maximum Gasteiger partial charge on any atom is 0.322 e. The topological polar surface area (TPSA) is 88.3 Å². The van der Waals surface area contributed by atoms with Crippen LogP contribution in [0.15, 0.2) is 52.9 Å². The van der Waals surface area contributed by atoms with Crippen LogP contribution in [0, 0.1) is 6.92 Å². The Balaban J connectivity index is 1.46. The molecule has 2 aromatic carbocycles. The highest BCUT2D eigenvalue weighted by Gasteiger charge is 2.35. The molecule has 7 nitrogen and oxygen atoms in total. The Hall–Kier alpha value is -3.19. The molecular weight excluding hydrogens is 380 g/mol. The first-order chi connectivity index (χ1) is 13.5. The molecule has 0 unspecified atom stereocenters. The van der Waals surface area contributed by atoms with Gasteiger partial charge in [-0.2, -0.15) is 0 Å². The number of amides is 2. The molecule has 8 heteroatoms. The van der Waals surface area contributed by atoms with Crippen molar-refractivity contribution >= 4 is 35.1 Å². The summed E-state index contributed by atoms with van der Waals surface area (Å²) in [5.74, 6) is -0.358. The maximum atomic E-state index is 12.4. The quantitative estimate of drug-likeness (QED) is 0.724. The van der Waals surface area contributed by atoms with Gasteiger partial charge >= 0.3 is 6.01 Å². The molecule has 1 fully saturated rings. The number of carbonyl (C=O) groups excluding carboxylic acids is 2. The van der Waals surface area contributed by atoms with Gasteiger partial charge in [-0.1, -0.05) is 46.5 Å². The summed E-state index contributed by atoms with van der Waals surface area (Å²) in [7, 11) is 0. The highest BCUT2D eigenvalue weighted by Crippen LogP contribution is 2.32. The van der Waals surface area contributed by atoms with Crippen molar-refractivity contribution in [3.05, 3.63) is 70.6 Å². The Morgan fingerprint density at radius 1 is 1.18 bits per heavy atom. The van der Waals surface area contributed by atoms with Crippen molar-refractivity contribution in [2.24, 2.45) is 0 Å². The molecule has 1 aliphatic heterocycles. The summed E-state index contributed by atoms with van der Waals surface area (Å²) in [5.41, 5.74) is 2.28. The van der Waals surface area contributed by atoms with Crippen LogP contribution in [0.5, 0.6) is 0 Å². The molecule has 0 spiro atoms. The number of carbonyl (C=O) groups is 2. The van der Waals surface area contributed by atoms with Crippen LogP contribution in [0.3, 0.4) is 0 Å². The van der Waals surface area contributed by atoms with Gasteiger partial charge in [0, 0.05) is 18.7 Å². The van der Waals surface area contributed by atoms with E-state index in [1.54, 1.807) is 29.2 Å². The van der Waals surface area contributed by atoms with Crippen molar-refractivity contribution in [2.75, 3.05) is 16.8 Å². The van der Waals surface area contributed by atoms with Gasteiger partial charge in [0.1, 0.15) is 0 Å². The van der Waals surface area contributed by atoms with Gasteiger partial charge in [0.25, 0.3) is 5.91 Å². The Morgan fingerprint density at radius 2 is 1.93 bits per heavy atom. The molecule has 28 heavy (non-hydrogen) atoms. The van der Waals surface area contributed by atoms with Gasteiger partial charge in [-0.15, -0.1) is 5.10 Å². The van der Waals surface area contributed by atoms with Crippen molar-refractivity contribution < 1.29 is 14.0 Å². The maximum absolute atomic E-state index is 12.4. The van der Waals surface area contributed by atoms with E-state index >= 15 is 0 Å². The van der Waals surface area contributed by atoms with Gasteiger partial charge < -0.3 is 9.32 Å². The van der Waals surface area contributed by atoms with E-state index in [4.69, 9.17) is 16.0 Å². The molecule has 1 atom stereocenters. The highest BCUT2D eigenvalue weighted by molar-refractivity contribution is 6.34. The van der Waals surface area contributed by atoms with E-state index in [0.29, 0.717) is 23.0 Å². The van der Waals surface area contributed by atoms with E-state index < -0.39 is 5.91 Å². The lowest BCUT2D eigenvalue weighted by Gasteiger charge is -2.16. The molecule has 0 aliphatic carbocycles. The van der Waals surface area contributed by atoms with Gasteiger partial charge in [0.2, 0.25) is 11.8 Å².